The average Bonchev–Trinajstić information content (AvgIpc) is 3.32. The van der Waals surface area contributed by atoms with Crippen molar-refractivity contribution in [1.29, 1.82) is 0 Å². The Hall–Kier alpha value is -3.45. The fraction of sp³-hybridized carbons (Fsp3) is 0.208. The van der Waals surface area contributed by atoms with E-state index in [-0.39, 0.29) is 5.91 Å². The summed E-state index contributed by atoms with van der Waals surface area (Å²) in [6.07, 6.45) is 3.31. The molecule has 0 saturated heterocycles. The summed E-state index contributed by atoms with van der Waals surface area (Å²) in [5, 5.41) is 12.8. The highest BCUT2D eigenvalue weighted by atomic mass is 32.1. The van der Waals surface area contributed by atoms with Crippen molar-refractivity contribution in [2.45, 2.75) is 27.7 Å². The van der Waals surface area contributed by atoms with Gasteiger partial charge in [-0.2, -0.15) is 0 Å². The van der Waals surface area contributed by atoms with Crippen LogP contribution in [0.2, 0.25) is 0 Å². The highest BCUT2D eigenvalue weighted by Gasteiger charge is 2.16. The van der Waals surface area contributed by atoms with Crippen LogP contribution >= 0.6 is 11.3 Å². The van der Waals surface area contributed by atoms with Gasteiger partial charge < -0.3 is 9.15 Å². The van der Waals surface area contributed by atoms with Crippen molar-refractivity contribution < 1.29 is 13.9 Å². The Balaban J connectivity index is 1.75. The quantitative estimate of drug-likeness (QED) is 0.395. The lowest BCUT2D eigenvalue weighted by molar-refractivity contribution is -0.111. The van der Waals surface area contributed by atoms with Crippen LogP contribution in [0.1, 0.15) is 28.6 Å². The first kappa shape index (κ1) is 20.8. The van der Waals surface area contributed by atoms with Gasteiger partial charge in [-0.05, 0) is 50.5 Å². The Labute approximate surface area is 184 Å². The molecule has 4 aromatic rings. The SMILES string of the molecule is COc1cc2occ(-c3ccc(C)cc3C)c2cc1/C(C)=C/C(=O)Nc1nnc(C)s1. The lowest BCUT2D eigenvalue weighted by Crippen LogP contribution is -2.08. The minimum Gasteiger partial charge on any atom is -0.496 e. The number of aryl methyl sites for hydroxylation is 3. The molecule has 4 rings (SSSR count). The van der Waals surface area contributed by atoms with Gasteiger partial charge in [-0.1, -0.05) is 35.1 Å². The van der Waals surface area contributed by atoms with Crippen LogP contribution in [0.5, 0.6) is 5.75 Å². The van der Waals surface area contributed by atoms with E-state index in [1.807, 2.05) is 26.0 Å². The summed E-state index contributed by atoms with van der Waals surface area (Å²) in [7, 11) is 1.61. The summed E-state index contributed by atoms with van der Waals surface area (Å²) >= 11 is 1.33. The molecular formula is C24H23N3O3S. The Morgan fingerprint density at radius 2 is 1.94 bits per heavy atom. The van der Waals surface area contributed by atoms with Crippen molar-refractivity contribution in [3.63, 3.8) is 0 Å². The lowest BCUT2D eigenvalue weighted by atomic mass is 9.96. The first-order chi connectivity index (χ1) is 14.9. The zero-order chi connectivity index (χ0) is 22.1. The first-order valence-corrected chi connectivity index (χ1v) is 10.6. The van der Waals surface area contributed by atoms with Gasteiger partial charge in [0.25, 0.3) is 0 Å². The number of carbonyl (C=O) groups excluding carboxylic acids is 1. The minimum atomic E-state index is -0.266. The number of anilines is 1. The highest BCUT2D eigenvalue weighted by Crippen LogP contribution is 2.38. The van der Waals surface area contributed by atoms with Crippen LogP contribution in [0.15, 0.2) is 47.1 Å². The maximum atomic E-state index is 12.5. The van der Waals surface area contributed by atoms with Gasteiger partial charge in [-0.15, -0.1) is 10.2 Å². The average molecular weight is 434 g/mol. The zero-order valence-corrected chi connectivity index (χ0v) is 18.9. The van der Waals surface area contributed by atoms with E-state index >= 15 is 0 Å². The molecule has 0 aliphatic rings. The van der Waals surface area contributed by atoms with E-state index in [0.29, 0.717) is 10.9 Å². The topological polar surface area (TPSA) is 77.2 Å². The van der Waals surface area contributed by atoms with E-state index in [1.165, 1.54) is 28.5 Å². The molecule has 31 heavy (non-hydrogen) atoms. The van der Waals surface area contributed by atoms with Crippen LogP contribution < -0.4 is 10.1 Å². The molecule has 1 amide bonds. The number of methoxy groups -OCH3 is 1. The number of fused-ring (bicyclic) bond motifs is 1. The molecule has 6 nitrogen and oxygen atoms in total. The minimum absolute atomic E-state index is 0.266. The fourth-order valence-electron chi connectivity index (χ4n) is 3.62. The number of hydrogen-bond acceptors (Lipinski definition) is 6. The molecule has 158 valence electrons. The largest absolute Gasteiger partial charge is 0.496 e. The number of nitrogens with one attached hydrogen (secondary N) is 1. The molecule has 0 aliphatic carbocycles. The second-order valence-corrected chi connectivity index (χ2v) is 8.64. The normalized spacial score (nSPS) is 11.7. The third-order valence-corrected chi connectivity index (χ3v) is 5.85. The van der Waals surface area contributed by atoms with Gasteiger partial charge in [0, 0.05) is 28.7 Å². The molecule has 2 aromatic heterocycles. The van der Waals surface area contributed by atoms with Gasteiger partial charge in [0.2, 0.25) is 11.0 Å². The number of carbonyl (C=O) groups is 1. The number of amides is 1. The Bertz CT molecular complexity index is 1320. The third kappa shape index (κ3) is 4.22. The van der Waals surface area contributed by atoms with E-state index in [4.69, 9.17) is 9.15 Å². The molecule has 0 aliphatic heterocycles. The molecule has 0 radical (unpaired) electrons. The molecule has 2 aromatic carbocycles. The molecule has 0 fully saturated rings. The highest BCUT2D eigenvalue weighted by molar-refractivity contribution is 7.15. The summed E-state index contributed by atoms with van der Waals surface area (Å²) in [5.74, 6) is 0.375. The third-order valence-electron chi connectivity index (χ3n) is 5.10. The lowest BCUT2D eigenvalue weighted by Gasteiger charge is -2.10. The predicted molar refractivity (Wildman–Crippen MR) is 125 cm³/mol. The molecule has 0 bridgehead atoms. The molecule has 0 atom stereocenters. The van der Waals surface area contributed by atoms with Crippen molar-refractivity contribution >= 4 is 38.9 Å². The Morgan fingerprint density at radius 3 is 2.61 bits per heavy atom. The van der Waals surface area contributed by atoms with Crippen molar-refractivity contribution in [2.24, 2.45) is 0 Å². The standard InChI is InChI=1S/C24H23N3O3S/c1-13-6-7-17(14(2)8-13)20-12-30-22-11-21(29-5)18(10-19(20)22)15(3)9-23(28)25-24-27-26-16(4)31-24/h6-12H,1-5H3,(H,25,27,28)/b15-9+. The number of nitrogens with zero attached hydrogens (tertiary/aromatic N) is 2. The van der Waals surface area contributed by atoms with Crippen molar-refractivity contribution in [3.05, 3.63) is 64.4 Å². The fourth-order valence-corrected chi connectivity index (χ4v) is 4.21. The molecule has 7 heteroatoms. The number of rotatable bonds is 5. The number of benzene rings is 2. The van der Waals surface area contributed by atoms with E-state index in [0.717, 1.165) is 38.2 Å². The van der Waals surface area contributed by atoms with E-state index < -0.39 is 0 Å². The summed E-state index contributed by atoms with van der Waals surface area (Å²) in [4.78, 5) is 12.5. The molecule has 0 spiro atoms. The van der Waals surface area contributed by atoms with Gasteiger partial charge >= 0.3 is 0 Å². The van der Waals surface area contributed by atoms with Crippen molar-refractivity contribution in [1.82, 2.24) is 10.2 Å². The van der Waals surface area contributed by atoms with Crippen LogP contribution in [0.25, 0.3) is 27.7 Å². The summed E-state index contributed by atoms with van der Waals surface area (Å²) in [5.41, 5.74) is 6.85. The molecule has 0 saturated carbocycles. The number of hydrogen-bond donors (Lipinski definition) is 1. The molecular weight excluding hydrogens is 410 g/mol. The summed E-state index contributed by atoms with van der Waals surface area (Å²) in [6.45, 7) is 7.89. The monoisotopic (exact) mass is 433 g/mol. The van der Waals surface area contributed by atoms with Gasteiger partial charge in [-0.25, -0.2) is 0 Å². The van der Waals surface area contributed by atoms with Gasteiger partial charge in [0.15, 0.2) is 0 Å². The maximum Gasteiger partial charge on any atom is 0.250 e. The number of ether oxygens (including phenoxy) is 1. The van der Waals surface area contributed by atoms with Crippen molar-refractivity contribution in [2.75, 3.05) is 12.4 Å². The summed E-state index contributed by atoms with van der Waals surface area (Å²) in [6, 6.07) is 10.2. The van der Waals surface area contributed by atoms with Crippen LogP contribution in [0, 0.1) is 20.8 Å². The number of furan rings is 1. The van der Waals surface area contributed by atoms with Gasteiger partial charge in [-0.3, -0.25) is 10.1 Å². The number of allylic oxidation sites excluding steroid dienone is 1. The smallest absolute Gasteiger partial charge is 0.250 e. The predicted octanol–water partition coefficient (Wildman–Crippen LogP) is 5.93. The second-order valence-electron chi connectivity index (χ2n) is 7.46. The second kappa shape index (κ2) is 8.35. The van der Waals surface area contributed by atoms with Gasteiger partial charge in [0.05, 0.1) is 13.4 Å². The Morgan fingerprint density at radius 1 is 1.13 bits per heavy atom. The summed E-state index contributed by atoms with van der Waals surface area (Å²) < 4.78 is 11.4. The van der Waals surface area contributed by atoms with Crippen LogP contribution in [-0.2, 0) is 4.79 Å². The van der Waals surface area contributed by atoms with E-state index in [1.54, 1.807) is 13.4 Å². The Kier molecular flexibility index (Phi) is 5.61. The number of aromatic nitrogens is 2. The van der Waals surface area contributed by atoms with Crippen LogP contribution in [-0.4, -0.2) is 23.2 Å². The van der Waals surface area contributed by atoms with Crippen molar-refractivity contribution in [3.8, 4) is 16.9 Å². The maximum absolute atomic E-state index is 12.5. The molecule has 1 N–H and O–H groups in total. The van der Waals surface area contributed by atoms with E-state index in [2.05, 4.69) is 47.6 Å². The van der Waals surface area contributed by atoms with Crippen LogP contribution in [0.4, 0.5) is 5.13 Å². The van der Waals surface area contributed by atoms with E-state index in [9.17, 15) is 4.79 Å². The first-order valence-electron chi connectivity index (χ1n) is 9.82. The zero-order valence-electron chi connectivity index (χ0n) is 18.1. The van der Waals surface area contributed by atoms with Crippen LogP contribution in [0.3, 0.4) is 0 Å². The molecule has 0 unspecified atom stereocenters. The molecule has 2 heterocycles. The van der Waals surface area contributed by atoms with Gasteiger partial charge in [0.1, 0.15) is 16.3 Å².